The van der Waals surface area contributed by atoms with Gasteiger partial charge in [-0.25, -0.2) is 0 Å². The summed E-state index contributed by atoms with van der Waals surface area (Å²) in [6.45, 7) is 3.84. The maximum atomic E-state index is 13.1. The van der Waals surface area contributed by atoms with Crippen molar-refractivity contribution in [2.24, 2.45) is 0 Å². The van der Waals surface area contributed by atoms with Crippen molar-refractivity contribution in [1.29, 1.82) is 0 Å². The van der Waals surface area contributed by atoms with Crippen LogP contribution in [-0.2, 0) is 14.3 Å². The summed E-state index contributed by atoms with van der Waals surface area (Å²) >= 11 is 0. The Morgan fingerprint density at radius 2 is 0.714 bits per heavy atom. The minimum atomic E-state index is -1.56. The van der Waals surface area contributed by atoms with Crippen LogP contribution in [0.15, 0.2) is 12.2 Å². The Kier molecular flexibility index (Phi) is 55.8. The average molecular weight is 1090 g/mol. The van der Waals surface area contributed by atoms with Crippen LogP contribution >= 0.6 is 0 Å². The molecule has 0 aromatic rings. The highest BCUT2D eigenvalue weighted by atomic mass is 16.7. The van der Waals surface area contributed by atoms with Crippen molar-refractivity contribution in [1.82, 2.24) is 5.32 Å². The van der Waals surface area contributed by atoms with Crippen LogP contribution in [0, 0.1) is 0 Å². The second-order valence-corrected chi connectivity index (χ2v) is 24.3. The van der Waals surface area contributed by atoms with Crippen LogP contribution in [0.2, 0.25) is 0 Å². The van der Waals surface area contributed by atoms with Crippen LogP contribution in [-0.4, -0.2) is 87.5 Å². The van der Waals surface area contributed by atoms with Gasteiger partial charge in [-0.3, -0.25) is 4.79 Å². The van der Waals surface area contributed by atoms with Crippen molar-refractivity contribution in [3.05, 3.63) is 12.2 Å². The van der Waals surface area contributed by atoms with Crippen LogP contribution < -0.4 is 5.32 Å². The molecule has 1 fully saturated rings. The first-order chi connectivity index (χ1) is 37.8. The lowest BCUT2D eigenvalue weighted by molar-refractivity contribution is -0.302. The summed E-state index contributed by atoms with van der Waals surface area (Å²) in [5, 5.41) is 54.7. The SMILES string of the molecule is CCCCCCCCCCCCCCCCCCCCCC/C=C/C(O)C(COC1OC(CO)C(O)C(O)C1O)NC(=O)CCCCCCCCCCCCCCCCCCCCCCCCCCCCCCCCCC. The zero-order valence-corrected chi connectivity index (χ0v) is 51.3. The Balaban J connectivity index is 2.10. The van der Waals surface area contributed by atoms with Gasteiger partial charge in [-0.05, 0) is 19.3 Å². The summed E-state index contributed by atoms with van der Waals surface area (Å²) in [6, 6.07) is -0.802. The number of carbonyl (C=O) groups is 1. The molecule has 6 N–H and O–H groups in total. The molecule has 458 valence electrons. The summed E-state index contributed by atoms with van der Waals surface area (Å²) in [6.07, 6.45) is 67.5. The lowest BCUT2D eigenvalue weighted by Crippen LogP contribution is -2.60. The van der Waals surface area contributed by atoms with Crippen LogP contribution in [0.25, 0.3) is 0 Å². The Morgan fingerprint density at radius 1 is 0.429 bits per heavy atom. The van der Waals surface area contributed by atoms with E-state index in [9.17, 15) is 30.3 Å². The van der Waals surface area contributed by atoms with Crippen molar-refractivity contribution < 1.29 is 39.8 Å². The number of nitrogens with one attached hydrogen (secondary N) is 1. The molecule has 77 heavy (non-hydrogen) atoms. The molecule has 1 aliphatic rings. The van der Waals surface area contributed by atoms with Gasteiger partial charge in [0.2, 0.25) is 5.91 Å². The number of hydrogen-bond donors (Lipinski definition) is 6. The number of hydrogen-bond acceptors (Lipinski definition) is 8. The molecule has 1 rings (SSSR count). The molecule has 7 atom stereocenters. The molecule has 0 bridgehead atoms. The number of amides is 1. The van der Waals surface area contributed by atoms with Gasteiger partial charge in [-0.1, -0.05) is 347 Å². The van der Waals surface area contributed by atoms with Crippen molar-refractivity contribution in [3.8, 4) is 0 Å². The molecule has 0 aliphatic carbocycles. The number of aliphatic hydroxyl groups is 5. The van der Waals surface area contributed by atoms with E-state index in [0.717, 1.165) is 38.5 Å². The van der Waals surface area contributed by atoms with Crippen molar-refractivity contribution in [3.63, 3.8) is 0 Å². The van der Waals surface area contributed by atoms with Gasteiger partial charge in [0, 0.05) is 6.42 Å². The number of ether oxygens (including phenoxy) is 2. The smallest absolute Gasteiger partial charge is 0.220 e. The van der Waals surface area contributed by atoms with E-state index in [0.29, 0.717) is 6.42 Å². The van der Waals surface area contributed by atoms with Gasteiger partial charge >= 0.3 is 0 Å². The predicted molar refractivity (Wildman–Crippen MR) is 327 cm³/mol. The molecule has 0 radical (unpaired) electrons. The Bertz CT molecular complexity index is 1220. The molecule has 1 heterocycles. The van der Waals surface area contributed by atoms with Crippen molar-refractivity contribution in [2.45, 2.75) is 403 Å². The molecule has 0 saturated carbocycles. The third-order valence-corrected chi connectivity index (χ3v) is 16.9. The average Bonchev–Trinajstić information content (AvgIpc) is 3.43. The summed E-state index contributed by atoms with van der Waals surface area (Å²) in [5.74, 6) is -0.167. The van der Waals surface area contributed by atoms with Gasteiger partial charge in [0.1, 0.15) is 24.4 Å². The van der Waals surface area contributed by atoms with E-state index in [1.54, 1.807) is 6.08 Å². The van der Waals surface area contributed by atoms with Gasteiger partial charge < -0.3 is 40.3 Å². The van der Waals surface area contributed by atoms with E-state index in [4.69, 9.17) is 9.47 Å². The number of allylic oxidation sites excluding steroid dienone is 1. The van der Waals surface area contributed by atoms with E-state index in [1.165, 1.54) is 302 Å². The Hall–Kier alpha value is -1.07. The Labute approximate surface area is 477 Å². The standard InChI is InChI=1S/C68H133NO8/c1-3-5-7-9-11-13-15-17-19-21-23-25-27-28-29-30-31-32-33-34-35-36-38-40-42-44-46-48-50-52-54-56-58-64(72)69-61(60-76-68-67(75)66(74)65(73)63(59-70)77-68)62(71)57-55-53-51-49-47-45-43-41-39-37-26-24-22-20-18-16-14-12-10-8-6-4-2/h55,57,61-63,65-68,70-71,73-75H,3-54,56,58-60H2,1-2H3,(H,69,72)/b57-55+. The maximum absolute atomic E-state index is 13.1. The first kappa shape index (κ1) is 73.9. The summed E-state index contributed by atoms with van der Waals surface area (Å²) in [5.41, 5.74) is 0. The van der Waals surface area contributed by atoms with E-state index in [-0.39, 0.29) is 12.5 Å². The molecular weight excluding hydrogens is 959 g/mol. The van der Waals surface area contributed by atoms with E-state index < -0.39 is 49.5 Å². The highest BCUT2D eigenvalue weighted by Gasteiger charge is 2.44. The second-order valence-electron chi connectivity index (χ2n) is 24.3. The Morgan fingerprint density at radius 3 is 1.01 bits per heavy atom. The molecule has 1 amide bonds. The zero-order valence-electron chi connectivity index (χ0n) is 51.3. The van der Waals surface area contributed by atoms with Gasteiger partial charge in [0.15, 0.2) is 6.29 Å². The minimum Gasteiger partial charge on any atom is -0.394 e. The molecule has 0 aromatic carbocycles. The van der Waals surface area contributed by atoms with Crippen molar-refractivity contribution >= 4 is 5.91 Å². The molecule has 0 spiro atoms. The van der Waals surface area contributed by atoms with Gasteiger partial charge in [0.25, 0.3) is 0 Å². The highest BCUT2D eigenvalue weighted by Crippen LogP contribution is 2.24. The first-order valence-electron chi connectivity index (χ1n) is 34.4. The van der Waals surface area contributed by atoms with Gasteiger partial charge in [-0.2, -0.15) is 0 Å². The summed E-state index contributed by atoms with van der Waals surface area (Å²) < 4.78 is 11.3. The largest absolute Gasteiger partial charge is 0.394 e. The van der Waals surface area contributed by atoms with E-state index in [1.807, 2.05) is 6.08 Å². The first-order valence-corrected chi connectivity index (χ1v) is 34.4. The second kappa shape index (κ2) is 58.1. The quantitative estimate of drug-likeness (QED) is 0.0261. The maximum Gasteiger partial charge on any atom is 0.220 e. The van der Waals surface area contributed by atoms with Crippen LogP contribution in [0.5, 0.6) is 0 Å². The van der Waals surface area contributed by atoms with Crippen LogP contribution in [0.1, 0.15) is 361 Å². The summed E-state index contributed by atoms with van der Waals surface area (Å²) in [4.78, 5) is 13.1. The monoisotopic (exact) mass is 1090 g/mol. The van der Waals surface area contributed by atoms with Crippen molar-refractivity contribution in [2.75, 3.05) is 13.2 Å². The van der Waals surface area contributed by atoms with Crippen LogP contribution in [0.4, 0.5) is 0 Å². The fourth-order valence-electron chi connectivity index (χ4n) is 11.5. The molecule has 1 aliphatic heterocycles. The third-order valence-electron chi connectivity index (χ3n) is 16.9. The number of rotatable bonds is 61. The summed E-state index contributed by atoms with van der Waals surface area (Å²) in [7, 11) is 0. The number of carbonyl (C=O) groups excluding carboxylic acids is 1. The molecule has 1 saturated heterocycles. The topological polar surface area (TPSA) is 149 Å². The highest BCUT2D eigenvalue weighted by molar-refractivity contribution is 5.76. The van der Waals surface area contributed by atoms with E-state index in [2.05, 4.69) is 19.2 Å². The molecule has 7 unspecified atom stereocenters. The molecule has 9 nitrogen and oxygen atoms in total. The number of unbranched alkanes of at least 4 members (excludes halogenated alkanes) is 51. The lowest BCUT2D eigenvalue weighted by atomic mass is 9.99. The zero-order chi connectivity index (χ0) is 55.8. The van der Waals surface area contributed by atoms with E-state index >= 15 is 0 Å². The van der Waals surface area contributed by atoms with Crippen LogP contribution in [0.3, 0.4) is 0 Å². The fraction of sp³-hybridized carbons (Fsp3) is 0.956. The molecular formula is C68H133NO8. The molecule has 9 heteroatoms. The normalized spacial score (nSPS) is 18.7. The fourth-order valence-corrected chi connectivity index (χ4v) is 11.5. The third kappa shape index (κ3) is 47.2. The molecule has 0 aromatic heterocycles. The number of aliphatic hydroxyl groups excluding tert-OH is 5. The van der Waals surface area contributed by atoms with Gasteiger partial charge in [-0.15, -0.1) is 0 Å². The lowest BCUT2D eigenvalue weighted by Gasteiger charge is -2.40. The minimum absolute atomic E-state index is 0.167. The van der Waals surface area contributed by atoms with Gasteiger partial charge in [0.05, 0.1) is 25.4 Å². The predicted octanol–water partition coefficient (Wildman–Crippen LogP) is 18.3.